The summed E-state index contributed by atoms with van der Waals surface area (Å²) in [6.45, 7) is 0. The molecule has 7 nitrogen and oxygen atoms in total. The van der Waals surface area contributed by atoms with Crippen molar-refractivity contribution in [1.82, 2.24) is 30.3 Å². The molecule has 0 aliphatic carbocycles. The molecule has 124 valence electrons. The molecule has 0 N–H and O–H groups in total. The van der Waals surface area contributed by atoms with E-state index in [9.17, 15) is 0 Å². The summed E-state index contributed by atoms with van der Waals surface area (Å²) < 4.78 is 7.97. The number of benzene rings is 2. The fraction of sp³-hybridized carbons (Fsp3) is 0.0625. The molecular formula is C16H11BrN6OS. The molecule has 4 rings (SSSR count). The second-order valence-corrected chi connectivity index (χ2v) is 6.88. The molecule has 0 radical (unpaired) electrons. The lowest BCUT2D eigenvalue weighted by Crippen LogP contribution is -1.98. The third kappa shape index (κ3) is 3.62. The molecule has 2 heterocycles. The summed E-state index contributed by atoms with van der Waals surface area (Å²) >= 11 is 4.87. The average molecular weight is 415 g/mol. The van der Waals surface area contributed by atoms with Crippen molar-refractivity contribution in [2.45, 2.75) is 10.9 Å². The zero-order chi connectivity index (χ0) is 17.1. The predicted octanol–water partition coefficient (Wildman–Crippen LogP) is 3.77. The number of hydrogen-bond acceptors (Lipinski definition) is 7. The van der Waals surface area contributed by atoms with E-state index in [1.54, 1.807) is 4.68 Å². The van der Waals surface area contributed by atoms with Crippen molar-refractivity contribution >= 4 is 27.7 Å². The van der Waals surface area contributed by atoms with Crippen LogP contribution in [-0.4, -0.2) is 30.3 Å². The van der Waals surface area contributed by atoms with Gasteiger partial charge in [-0.15, -0.1) is 5.10 Å². The second-order valence-electron chi connectivity index (χ2n) is 5.02. The number of tetrazole rings is 1. The van der Waals surface area contributed by atoms with Crippen molar-refractivity contribution in [2.24, 2.45) is 0 Å². The molecule has 0 aliphatic heterocycles. The van der Waals surface area contributed by atoms with Crippen molar-refractivity contribution < 1.29 is 4.52 Å². The number of hydrogen-bond donors (Lipinski definition) is 0. The maximum Gasteiger partial charge on any atom is 0.237 e. The summed E-state index contributed by atoms with van der Waals surface area (Å²) in [6, 6.07) is 17.5. The maximum atomic E-state index is 5.33. The Morgan fingerprint density at radius 3 is 2.80 bits per heavy atom. The van der Waals surface area contributed by atoms with Crippen LogP contribution in [0.5, 0.6) is 0 Å². The molecule has 0 saturated carbocycles. The number of nitrogens with zero attached hydrogens (tertiary/aromatic N) is 6. The van der Waals surface area contributed by atoms with E-state index in [4.69, 9.17) is 4.52 Å². The molecule has 4 aromatic rings. The maximum absolute atomic E-state index is 5.33. The first kappa shape index (κ1) is 16.0. The second kappa shape index (κ2) is 7.16. The molecule has 0 aliphatic rings. The number of aromatic nitrogens is 6. The summed E-state index contributed by atoms with van der Waals surface area (Å²) in [5.41, 5.74) is 1.79. The first-order chi connectivity index (χ1) is 12.3. The van der Waals surface area contributed by atoms with Gasteiger partial charge in [0.2, 0.25) is 16.9 Å². The Balaban J connectivity index is 1.49. The van der Waals surface area contributed by atoms with Gasteiger partial charge in [0.15, 0.2) is 0 Å². The van der Waals surface area contributed by atoms with Crippen LogP contribution in [-0.2, 0) is 5.75 Å². The molecule has 0 atom stereocenters. The highest BCUT2D eigenvalue weighted by Crippen LogP contribution is 2.24. The molecular weight excluding hydrogens is 404 g/mol. The SMILES string of the molecule is Brc1cccc(-c2noc(CSc3nnnn3-c3ccccc3)n2)c1. The van der Waals surface area contributed by atoms with Crippen LogP contribution < -0.4 is 0 Å². The number of thioether (sulfide) groups is 1. The van der Waals surface area contributed by atoms with Gasteiger partial charge in [0.05, 0.1) is 11.4 Å². The zero-order valence-electron chi connectivity index (χ0n) is 12.8. The van der Waals surface area contributed by atoms with E-state index in [1.165, 1.54) is 11.8 Å². The van der Waals surface area contributed by atoms with Gasteiger partial charge < -0.3 is 4.52 Å². The van der Waals surface area contributed by atoms with Crippen molar-refractivity contribution in [3.63, 3.8) is 0 Å². The van der Waals surface area contributed by atoms with Crippen molar-refractivity contribution in [3.8, 4) is 17.1 Å². The first-order valence-electron chi connectivity index (χ1n) is 7.35. The lowest BCUT2D eigenvalue weighted by molar-refractivity contribution is 0.391. The zero-order valence-corrected chi connectivity index (χ0v) is 15.2. The Morgan fingerprint density at radius 2 is 1.96 bits per heavy atom. The van der Waals surface area contributed by atoms with Crippen molar-refractivity contribution in [1.29, 1.82) is 0 Å². The summed E-state index contributed by atoms with van der Waals surface area (Å²) in [6.07, 6.45) is 0. The van der Waals surface area contributed by atoms with E-state index in [0.717, 1.165) is 15.7 Å². The Labute approximate surface area is 155 Å². The van der Waals surface area contributed by atoms with Crippen LogP contribution in [0.2, 0.25) is 0 Å². The van der Waals surface area contributed by atoms with E-state index < -0.39 is 0 Å². The molecule has 2 aromatic heterocycles. The molecule has 0 bridgehead atoms. The van der Waals surface area contributed by atoms with Gasteiger partial charge >= 0.3 is 0 Å². The van der Waals surface area contributed by atoms with Crippen LogP contribution in [0.1, 0.15) is 5.89 Å². The predicted molar refractivity (Wildman–Crippen MR) is 96.1 cm³/mol. The normalized spacial score (nSPS) is 10.9. The fourth-order valence-corrected chi connectivity index (χ4v) is 3.31. The lowest BCUT2D eigenvalue weighted by Gasteiger charge is -2.02. The molecule has 0 spiro atoms. The lowest BCUT2D eigenvalue weighted by atomic mass is 10.2. The molecule has 0 fully saturated rings. The Bertz CT molecular complexity index is 987. The van der Waals surface area contributed by atoms with E-state index in [0.29, 0.717) is 22.6 Å². The highest BCUT2D eigenvalue weighted by molar-refractivity contribution is 9.10. The molecule has 0 amide bonds. The van der Waals surface area contributed by atoms with E-state index in [2.05, 4.69) is 41.6 Å². The molecule has 0 unspecified atom stereocenters. The van der Waals surface area contributed by atoms with E-state index in [1.807, 2.05) is 54.6 Å². The standard InChI is InChI=1S/C16H11BrN6OS/c17-12-6-4-5-11(9-12)15-18-14(24-20-15)10-25-16-19-21-22-23(16)13-7-2-1-3-8-13/h1-9H,10H2. The number of rotatable bonds is 5. The van der Waals surface area contributed by atoms with Gasteiger partial charge in [0.25, 0.3) is 0 Å². The summed E-state index contributed by atoms with van der Waals surface area (Å²) in [5.74, 6) is 1.55. The van der Waals surface area contributed by atoms with Crippen molar-refractivity contribution in [2.75, 3.05) is 0 Å². The number of para-hydroxylation sites is 1. The van der Waals surface area contributed by atoms with Gasteiger partial charge in [-0.05, 0) is 34.7 Å². The van der Waals surface area contributed by atoms with Crippen LogP contribution in [0.15, 0.2) is 68.7 Å². The van der Waals surface area contributed by atoms with E-state index in [-0.39, 0.29) is 0 Å². The highest BCUT2D eigenvalue weighted by Gasteiger charge is 2.13. The minimum atomic E-state index is 0.480. The summed E-state index contributed by atoms with van der Waals surface area (Å²) in [7, 11) is 0. The van der Waals surface area contributed by atoms with Crippen LogP contribution in [0.25, 0.3) is 17.1 Å². The van der Waals surface area contributed by atoms with Crippen LogP contribution in [0, 0.1) is 0 Å². The highest BCUT2D eigenvalue weighted by atomic mass is 79.9. The minimum absolute atomic E-state index is 0.480. The van der Waals surface area contributed by atoms with Gasteiger partial charge in [-0.2, -0.15) is 9.67 Å². The molecule has 9 heteroatoms. The van der Waals surface area contributed by atoms with Crippen LogP contribution >= 0.6 is 27.7 Å². The average Bonchev–Trinajstić information content (AvgIpc) is 3.30. The van der Waals surface area contributed by atoms with E-state index >= 15 is 0 Å². The van der Waals surface area contributed by atoms with Crippen LogP contribution in [0.3, 0.4) is 0 Å². The van der Waals surface area contributed by atoms with Gasteiger partial charge in [0.1, 0.15) is 0 Å². The minimum Gasteiger partial charge on any atom is -0.338 e. The Kier molecular flexibility index (Phi) is 4.57. The largest absolute Gasteiger partial charge is 0.338 e. The fourth-order valence-electron chi connectivity index (χ4n) is 2.18. The smallest absolute Gasteiger partial charge is 0.237 e. The summed E-state index contributed by atoms with van der Waals surface area (Å²) in [4.78, 5) is 4.43. The monoisotopic (exact) mass is 414 g/mol. The van der Waals surface area contributed by atoms with Gasteiger partial charge in [-0.1, -0.05) is 63.2 Å². The molecule has 2 aromatic carbocycles. The molecule has 25 heavy (non-hydrogen) atoms. The molecule has 0 saturated heterocycles. The Hall–Kier alpha value is -2.52. The van der Waals surface area contributed by atoms with Gasteiger partial charge in [-0.25, -0.2) is 0 Å². The van der Waals surface area contributed by atoms with Gasteiger partial charge in [0, 0.05) is 10.0 Å². The third-order valence-corrected chi connectivity index (χ3v) is 4.71. The van der Waals surface area contributed by atoms with Crippen LogP contribution in [0.4, 0.5) is 0 Å². The van der Waals surface area contributed by atoms with Gasteiger partial charge in [-0.3, -0.25) is 0 Å². The third-order valence-electron chi connectivity index (χ3n) is 3.32. The number of halogens is 1. The van der Waals surface area contributed by atoms with Crippen molar-refractivity contribution in [3.05, 3.63) is 65.0 Å². The quantitative estimate of drug-likeness (QED) is 0.459. The topological polar surface area (TPSA) is 82.5 Å². The summed E-state index contributed by atoms with van der Waals surface area (Å²) in [5, 5.41) is 16.5. The Morgan fingerprint density at radius 1 is 1.08 bits per heavy atom. The first-order valence-corrected chi connectivity index (χ1v) is 9.12.